The number of anilines is 2. The van der Waals surface area contributed by atoms with Gasteiger partial charge in [-0.05, 0) is 42.2 Å². The molecule has 1 aliphatic heterocycles. The number of fused-ring (bicyclic) bond motifs is 1. The monoisotopic (exact) mass is 552 g/mol. The van der Waals surface area contributed by atoms with E-state index < -0.39 is 5.97 Å². The molecule has 2 aliphatic rings. The van der Waals surface area contributed by atoms with Gasteiger partial charge in [0.25, 0.3) is 5.91 Å². The van der Waals surface area contributed by atoms with E-state index in [1.807, 2.05) is 18.2 Å². The third-order valence-electron chi connectivity index (χ3n) is 5.94. The summed E-state index contributed by atoms with van der Waals surface area (Å²) in [7, 11) is 1.46. The molecule has 0 bridgehead atoms. The van der Waals surface area contributed by atoms with Gasteiger partial charge in [0.15, 0.2) is 0 Å². The van der Waals surface area contributed by atoms with Crippen LogP contribution in [0.15, 0.2) is 60.3 Å². The molecule has 0 unspecified atom stereocenters. The maximum atomic E-state index is 12.7. The molecule has 2 aromatic carbocycles. The molecule has 0 atom stereocenters. The number of carbonyl (C=O) groups excluding carboxylic acids is 2. The number of allylic oxidation sites excluding steroid dienone is 3. The van der Waals surface area contributed by atoms with Gasteiger partial charge in [-0.25, -0.2) is 9.78 Å². The molecule has 5 rings (SSSR count). The predicted octanol–water partition coefficient (Wildman–Crippen LogP) is 6.00. The topological polar surface area (TPSA) is 112 Å². The number of benzene rings is 2. The summed E-state index contributed by atoms with van der Waals surface area (Å²) in [4.78, 5) is 33.5. The van der Waals surface area contributed by atoms with Crippen molar-refractivity contribution in [3.05, 3.63) is 87.1 Å². The van der Waals surface area contributed by atoms with Crippen LogP contribution in [-0.2, 0) is 11.3 Å². The molecule has 194 valence electrons. The number of ether oxygens (including phenoxy) is 3. The van der Waals surface area contributed by atoms with E-state index in [1.54, 1.807) is 12.1 Å². The van der Waals surface area contributed by atoms with Gasteiger partial charge in [0, 0.05) is 6.54 Å². The number of aromatic nitrogens is 2. The lowest BCUT2D eigenvalue weighted by molar-refractivity contribution is 0.0537. The van der Waals surface area contributed by atoms with Crippen molar-refractivity contribution in [2.75, 3.05) is 19.0 Å². The maximum Gasteiger partial charge on any atom is 0.340 e. The molecule has 1 aliphatic carbocycles. The molecule has 3 aromatic rings. The van der Waals surface area contributed by atoms with Crippen LogP contribution >= 0.6 is 23.2 Å². The van der Waals surface area contributed by atoms with Gasteiger partial charge in [0.05, 0.1) is 35.1 Å². The highest BCUT2D eigenvalue weighted by molar-refractivity contribution is 6.34. The van der Waals surface area contributed by atoms with E-state index in [0.29, 0.717) is 29.3 Å². The molecule has 2 heterocycles. The maximum absolute atomic E-state index is 12.7. The zero-order chi connectivity index (χ0) is 26.6. The fourth-order valence-corrected chi connectivity index (χ4v) is 4.39. The van der Waals surface area contributed by atoms with Crippen LogP contribution in [0, 0.1) is 0 Å². The molecular formula is C27H22Cl2N4O5. The molecule has 0 saturated heterocycles. The number of hydrogen-bond acceptors (Lipinski definition) is 8. The van der Waals surface area contributed by atoms with E-state index in [9.17, 15) is 9.59 Å². The van der Waals surface area contributed by atoms with E-state index in [4.69, 9.17) is 37.4 Å². The number of amides is 1. The Morgan fingerprint density at radius 3 is 2.84 bits per heavy atom. The Balaban J connectivity index is 1.35. The smallest absolute Gasteiger partial charge is 0.340 e. The van der Waals surface area contributed by atoms with E-state index >= 15 is 0 Å². The number of halogens is 2. The first-order valence-corrected chi connectivity index (χ1v) is 12.4. The van der Waals surface area contributed by atoms with Crippen LogP contribution in [0.2, 0.25) is 10.0 Å². The highest BCUT2D eigenvalue weighted by Gasteiger charge is 2.24. The Labute approximate surface area is 228 Å². The third kappa shape index (κ3) is 5.44. The van der Waals surface area contributed by atoms with Crippen molar-refractivity contribution in [2.24, 2.45) is 0 Å². The number of nitrogens with zero attached hydrogens (tertiary/aromatic N) is 2. The quantitative estimate of drug-likeness (QED) is 0.327. The van der Waals surface area contributed by atoms with Crippen LogP contribution in [0.1, 0.15) is 39.1 Å². The summed E-state index contributed by atoms with van der Waals surface area (Å²) < 4.78 is 16.8. The van der Waals surface area contributed by atoms with Crippen molar-refractivity contribution < 1.29 is 23.8 Å². The summed E-state index contributed by atoms with van der Waals surface area (Å²) in [6.07, 6.45) is 9.07. The highest BCUT2D eigenvalue weighted by atomic mass is 35.5. The van der Waals surface area contributed by atoms with Crippen molar-refractivity contribution in [2.45, 2.75) is 19.4 Å². The van der Waals surface area contributed by atoms with Crippen LogP contribution in [0.3, 0.4) is 0 Å². The second kappa shape index (κ2) is 11.1. The van der Waals surface area contributed by atoms with Gasteiger partial charge in [-0.1, -0.05) is 53.6 Å². The number of esters is 1. The second-order valence-electron chi connectivity index (χ2n) is 8.45. The predicted molar refractivity (Wildman–Crippen MR) is 143 cm³/mol. The van der Waals surface area contributed by atoms with Gasteiger partial charge in [-0.15, -0.1) is 0 Å². The minimum atomic E-state index is -0.562. The fourth-order valence-electron chi connectivity index (χ4n) is 4.02. The van der Waals surface area contributed by atoms with E-state index in [2.05, 4.69) is 26.7 Å². The molecule has 38 heavy (non-hydrogen) atoms. The van der Waals surface area contributed by atoms with Crippen molar-refractivity contribution in [3.8, 4) is 17.4 Å². The molecule has 1 amide bonds. The average molecular weight is 553 g/mol. The second-order valence-corrected chi connectivity index (χ2v) is 9.26. The summed E-state index contributed by atoms with van der Waals surface area (Å²) in [5.41, 5.74) is 2.85. The summed E-state index contributed by atoms with van der Waals surface area (Å²) in [6.45, 7) is 0.616. The average Bonchev–Trinajstić information content (AvgIpc) is 3.31. The number of rotatable bonds is 8. The SMILES string of the molecule is COc1cc(C(=O)OCC2=CC=CCC2)c(Cl)cc1Nc1ncc(Cl)c(Oc2cccc3c2C(=O)NC3)n1. The lowest BCUT2D eigenvalue weighted by Gasteiger charge is -2.15. The van der Waals surface area contributed by atoms with Gasteiger partial charge in [0.1, 0.15) is 23.1 Å². The third-order valence-corrected chi connectivity index (χ3v) is 6.51. The van der Waals surface area contributed by atoms with E-state index in [1.165, 1.54) is 25.4 Å². The first kappa shape index (κ1) is 25.6. The molecular weight excluding hydrogens is 531 g/mol. The fraction of sp³-hybridized carbons (Fsp3) is 0.185. The molecule has 0 saturated carbocycles. The van der Waals surface area contributed by atoms with Crippen LogP contribution in [0.4, 0.5) is 11.6 Å². The lowest BCUT2D eigenvalue weighted by atomic mass is 10.1. The van der Waals surface area contributed by atoms with Gasteiger partial charge in [0.2, 0.25) is 11.8 Å². The van der Waals surface area contributed by atoms with Crippen LogP contribution < -0.4 is 20.1 Å². The van der Waals surface area contributed by atoms with Gasteiger partial charge in [-0.2, -0.15) is 4.98 Å². The standard InChI is InChI=1S/C27H22Cl2N4O5/c1-36-22-10-17(26(35)37-14-15-6-3-2-4-7-15)18(28)11-20(22)32-27-31-13-19(29)25(33-27)38-21-9-5-8-16-12-30-24(34)23(16)21/h2-3,5-6,8-11,13H,4,7,12,14H2,1H3,(H,30,34)(H,31,32,33). The Morgan fingerprint density at radius 2 is 2.05 bits per heavy atom. The van der Waals surface area contributed by atoms with Crippen molar-refractivity contribution >= 4 is 46.7 Å². The van der Waals surface area contributed by atoms with Crippen LogP contribution in [-0.4, -0.2) is 35.6 Å². The number of nitrogens with one attached hydrogen (secondary N) is 2. The Bertz CT molecular complexity index is 1490. The first-order chi connectivity index (χ1) is 18.4. The Hall–Kier alpha value is -4.08. The number of carbonyl (C=O) groups is 2. The largest absolute Gasteiger partial charge is 0.495 e. The van der Waals surface area contributed by atoms with Crippen LogP contribution in [0.25, 0.3) is 0 Å². The lowest BCUT2D eigenvalue weighted by Crippen LogP contribution is -2.13. The molecule has 0 fully saturated rings. The van der Waals surface area contributed by atoms with Crippen LogP contribution in [0.5, 0.6) is 17.4 Å². The number of hydrogen-bond donors (Lipinski definition) is 2. The van der Waals surface area contributed by atoms with Crippen molar-refractivity contribution in [3.63, 3.8) is 0 Å². The van der Waals surface area contributed by atoms with Crippen molar-refractivity contribution in [1.82, 2.24) is 15.3 Å². The highest BCUT2D eigenvalue weighted by Crippen LogP contribution is 2.36. The molecule has 0 spiro atoms. The molecule has 1 aromatic heterocycles. The van der Waals surface area contributed by atoms with E-state index in [0.717, 1.165) is 24.0 Å². The van der Waals surface area contributed by atoms with Gasteiger partial charge < -0.3 is 24.8 Å². The number of methoxy groups -OCH3 is 1. The molecule has 0 radical (unpaired) electrons. The Kier molecular flexibility index (Phi) is 7.48. The summed E-state index contributed by atoms with van der Waals surface area (Å²) in [6, 6.07) is 8.30. The van der Waals surface area contributed by atoms with E-state index in [-0.39, 0.29) is 40.0 Å². The van der Waals surface area contributed by atoms with Crippen molar-refractivity contribution in [1.29, 1.82) is 0 Å². The molecule has 2 N–H and O–H groups in total. The Morgan fingerprint density at radius 1 is 1.18 bits per heavy atom. The summed E-state index contributed by atoms with van der Waals surface area (Å²) >= 11 is 12.7. The summed E-state index contributed by atoms with van der Waals surface area (Å²) in [5, 5.41) is 6.08. The molecule has 9 nitrogen and oxygen atoms in total. The first-order valence-electron chi connectivity index (χ1n) is 11.7. The zero-order valence-electron chi connectivity index (χ0n) is 20.2. The minimum Gasteiger partial charge on any atom is -0.495 e. The van der Waals surface area contributed by atoms with Gasteiger partial charge in [-0.3, -0.25) is 4.79 Å². The normalized spacial score (nSPS) is 13.9. The molecule has 11 heteroatoms. The zero-order valence-corrected chi connectivity index (χ0v) is 21.7. The summed E-state index contributed by atoms with van der Waals surface area (Å²) in [5.74, 6) is 0.0303. The minimum absolute atomic E-state index is 0.0504. The van der Waals surface area contributed by atoms with Gasteiger partial charge >= 0.3 is 5.97 Å².